The number of rotatable bonds is 4. The van der Waals surface area contributed by atoms with Gasteiger partial charge in [0.2, 0.25) is 0 Å². The molecule has 0 N–H and O–H groups in total. The minimum Gasteiger partial charge on any atom is -0.430 e. The van der Waals surface area contributed by atoms with Gasteiger partial charge in [-0.25, -0.2) is 4.39 Å². The van der Waals surface area contributed by atoms with Crippen molar-refractivity contribution >= 4 is 0 Å². The number of hydrogen-bond acceptors (Lipinski definition) is 1. The smallest absolute Gasteiger partial charge is 0.404 e. The van der Waals surface area contributed by atoms with Gasteiger partial charge in [-0.3, -0.25) is 0 Å². The molecule has 2 aromatic carbocycles. The predicted octanol–water partition coefficient (Wildman–Crippen LogP) is 6.05. The molecule has 1 saturated carbocycles. The first-order valence-corrected chi connectivity index (χ1v) is 8.28. The Balaban J connectivity index is 0.00000225. The Morgan fingerprint density at radius 1 is 1.04 bits per heavy atom. The van der Waals surface area contributed by atoms with Crippen molar-refractivity contribution in [2.24, 2.45) is 5.92 Å². The molecule has 25 heavy (non-hydrogen) atoms. The van der Waals surface area contributed by atoms with Gasteiger partial charge in [-0.1, -0.05) is 31.9 Å². The largest absolute Gasteiger partial charge is 0.430 e. The Morgan fingerprint density at radius 3 is 2.28 bits per heavy atom. The average molecular weight is 422 g/mol. The van der Waals surface area contributed by atoms with E-state index in [9.17, 15) is 13.2 Å². The molecule has 0 aliphatic heterocycles. The van der Waals surface area contributed by atoms with E-state index in [0.29, 0.717) is 5.92 Å². The Kier molecular flexibility index (Phi) is 7.10. The molecule has 0 bridgehead atoms. The topological polar surface area (TPSA) is 9.23 Å². The molecule has 0 amide bonds. The maximum absolute atomic E-state index is 14.1. The van der Waals surface area contributed by atoms with E-state index in [4.69, 9.17) is 4.74 Å². The van der Waals surface area contributed by atoms with Gasteiger partial charge in [0.1, 0.15) is 5.75 Å². The van der Waals surface area contributed by atoms with E-state index in [-0.39, 0.29) is 38.5 Å². The fourth-order valence-electron chi connectivity index (χ4n) is 3.23. The van der Waals surface area contributed by atoms with Crippen molar-refractivity contribution in [1.82, 2.24) is 0 Å². The van der Waals surface area contributed by atoms with Crippen LogP contribution in [0.5, 0.6) is 5.75 Å². The van der Waals surface area contributed by atoms with Gasteiger partial charge < -0.3 is 4.74 Å². The summed E-state index contributed by atoms with van der Waals surface area (Å²) in [5.41, 5.74) is 0.641. The van der Waals surface area contributed by atoms with E-state index in [1.165, 1.54) is 12.8 Å². The number of hydrogen-bond donors (Lipinski definition) is 0. The van der Waals surface area contributed by atoms with Crippen LogP contribution >= 0.6 is 0 Å². The van der Waals surface area contributed by atoms with Crippen LogP contribution < -0.4 is 4.74 Å². The van der Waals surface area contributed by atoms with Gasteiger partial charge in [-0.2, -0.15) is 20.9 Å². The number of benzene rings is 2. The van der Waals surface area contributed by atoms with Crippen molar-refractivity contribution < 1.29 is 50.6 Å². The predicted molar refractivity (Wildman–Crippen MR) is 86.6 cm³/mol. The van der Waals surface area contributed by atoms with Crippen LogP contribution in [0.2, 0.25) is 0 Å². The molecule has 0 atom stereocenters. The van der Waals surface area contributed by atoms with Gasteiger partial charge in [0.05, 0.1) is 0 Å². The van der Waals surface area contributed by atoms with E-state index >= 15 is 0 Å². The van der Waals surface area contributed by atoms with Crippen molar-refractivity contribution in [3.63, 3.8) is 0 Å². The molecule has 0 spiro atoms. The molecule has 1 nitrogen and oxygen atoms in total. The fourth-order valence-corrected chi connectivity index (χ4v) is 3.23. The van der Waals surface area contributed by atoms with E-state index in [2.05, 4.69) is 13.0 Å². The minimum absolute atomic E-state index is 0. The van der Waals surface area contributed by atoms with Crippen molar-refractivity contribution in [2.75, 3.05) is 0 Å². The molecule has 0 aromatic heterocycles. The third-order valence-electron chi connectivity index (χ3n) is 4.72. The van der Waals surface area contributed by atoms with Crippen LogP contribution in [0.25, 0.3) is 0 Å². The van der Waals surface area contributed by atoms with Crippen LogP contribution in [0.1, 0.15) is 49.7 Å². The Hall–Kier alpha value is -0.866. The molecule has 3 rings (SSSR count). The van der Waals surface area contributed by atoms with E-state index in [0.717, 1.165) is 42.5 Å². The monoisotopic (exact) mass is 422 g/mol. The molecule has 1 aliphatic carbocycles. The number of ether oxygens (including phenoxy) is 1. The molecule has 0 saturated heterocycles. The van der Waals surface area contributed by atoms with Crippen molar-refractivity contribution in [3.8, 4) is 5.75 Å². The van der Waals surface area contributed by atoms with E-state index < -0.39 is 17.5 Å². The van der Waals surface area contributed by atoms with Gasteiger partial charge >= 0.3 is 6.11 Å². The summed E-state index contributed by atoms with van der Waals surface area (Å²) in [6.07, 6.45) is 1.10. The van der Waals surface area contributed by atoms with Gasteiger partial charge in [-0.15, -0.1) is 12.1 Å². The van der Waals surface area contributed by atoms with Crippen LogP contribution in [0.15, 0.2) is 42.5 Å². The molecular weight excluding hydrogens is 402 g/mol. The van der Waals surface area contributed by atoms with Gasteiger partial charge in [0, 0.05) is 38.5 Å². The SMILES string of the molecule is CC1CCC(c2ccc(OC(F)(F)c3cc[c-]c(F)c3)cc2)CC1.[Y]. The second-order valence-corrected chi connectivity index (χ2v) is 6.57. The van der Waals surface area contributed by atoms with Crippen LogP contribution in [0.4, 0.5) is 13.2 Å². The Morgan fingerprint density at radius 2 is 1.68 bits per heavy atom. The minimum atomic E-state index is -3.59. The molecular formula is C20H20F3OY-. The molecule has 5 heteroatoms. The molecule has 0 unspecified atom stereocenters. The molecule has 1 fully saturated rings. The maximum atomic E-state index is 14.1. The van der Waals surface area contributed by atoms with Crippen LogP contribution in [0.3, 0.4) is 0 Å². The summed E-state index contributed by atoms with van der Waals surface area (Å²) in [5.74, 6) is 0.499. The summed E-state index contributed by atoms with van der Waals surface area (Å²) in [4.78, 5) is 0. The summed E-state index contributed by atoms with van der Waals surface area (Å²) >= 11 is 0. The van der Waals surface area contributed by atoms with Crippen molar-refractivity contribution in [1.29, 1.82) is 0 Å². The third-order valence-corrected chi connectivity index (χ3v) is 4.72. The first kappa shape index (κ1) is 20.4. The zero-order valence-corrected chi connectivity index (χ0v) is 17.0. The zero-order chi connectivity index (χ0) is 17.2. The second-order valence-electron chi connectivity index (χ2n) is 6.57. The first-order valence-electron chi connectivity index (χ1n) is 8.28. The van der Waals surface area contributed by atoms with Crippen LogP contribution in [0, 0.1) is 17.8 Å². The average Bonchev–Trinajstić information content (AvgIpc) is 2.56. The molecule has 2 aromatic rings. The number of halogens is 3. The van der Waals surface area contributed by atoms with E-state index in [1.54, 1.807) is 12.1 Å². The molecule has 131 valence electrons. The van der Waals surface area contributed by atoms with Gasteiger partial charge in [0.25, 0.3) is 0 Å². The first-order chi connectivity index (χ1) is 11.4. The Bertz CT molecular complexity index is 680. The standard InChI is InChI=1S/C20H20F3O.Y/c1-14-5-7-15(8-6-14)16-9-11-19(12-10-16)24-20(22,23)17-3-2-4-18(21)13-17;/h2-3,9-15H,5-8H2,1H3;/q-1;. The molecule has 1 radical (unpaired) electrons. The maximum Gasteiger partial charge on any atom is 0.404 e. The normalized spacial score (nSPS) is 20.6. The second kappa shape index (κ2) is 8.68. The van der Waals surface area contributed by atoms with Gasteiger partial charge in [0.15, 0.2) is 0 Å². The van der Waals surface area contributed by atoms with Crippen molar-refractivity contribution in [2.45, 2.75) is 44.6 Å². The summed E-state index contributed by atoms with van der Waals surface area (Å²) < 4.78 is 46.1. The van der Waals surface area contributed by atoms with E-state index in [1.807, 2.05) is 12.1 Å². The summed E-state index contributed by atoms with van der Waals surface area (Å²) in [6, 6.07) is 12.0. The van der Waals surface area contributed by atoms with Crippen LogP contribution in [-0.4, -0.2) is 0 Å². The summed E-state index contributed by atoms with van der Waals surface area (Å²) in [6.45, 7) is 2.26. The Labute approximate surface area is 171 Å². The number of alkyl halides is 2. The van der Waals surface area contributed by atoms with Crippen LogP contribution in [-0.2, 0) is 38.8 Å². The summed E-state index contributed by atoms with van der Waals surface area (Å²) in [7, 11) is 0. The summed E-state index contributed by atoms with van der Waals surface area (Å²) in [5, 5.41) is 0. The van der Waals surface area contributed by atoms with Gasteiger partial charge in [-0.05, 0) is 47.9 Å². The van der Waals surface area contributed by atoms with Crippen molar-refractivity contribution in [3.05, 3.63) is 65.5 Å². The zero-order valence-electron chi connectivity index (χ0n) is 14.1. The molecule has 0 heterocycles. The fraction of sp³-hybridized carbons (Fsp3) is 0.400. The quantitative estimate of drug-likeness (QED) is 0.546. The molecule has 1 aliphatic rings. The third kappa shape index (κ3) is 5.30.